The van der Waals surface area contributed by atoms with Crippen LogP contribution in [0.1, 0.15) is 37.7 Å². The minimum atomic E-state index is 0.0796. The second-order valence-corrected chi connectivity index (χ2v) is 6.93. The Morgan fingerprint density at radius 3 is 2.65 bits per heavy atom. The van der Waals surface area contributed by atoms with Gasteiger partial charge in [-0.3, -0.25) is 9.69 Å². The normalized spacial score (nSPS) is 33.4. The third-order valence-electron chi connectivity index (χ3n) is 5.11. The number of benzene rings is 1. The first-order valence-corrected chi connectivity index (χ1v) is 7.92. The zero-order chi connectivity index (χ0) is 14.4. The Kier molecular flexibility index (Phi) is 3.83. The molecule has 1 aromatic rings. The molecule has 2 nitrogen and oxygen atoms in total. The van der Waals surface area contributed by atoms with Gasteiger partial charge in [0.15, 0.2) is 0 Å². The molecule has 0 saturated carbocycles. The Hall–Kier alpha value is -0.570. The number of fused-ring (bicyclic) bond motifs is 2. The summed E-state index contributed by atoms with van der Waals surface area (Å²) in [6.07, 6.45) is 3.36. The maximum atomic E-state index is 12.2. The van der Waals surface area contributed by atoms with Crippen molar-refractivity contribution in [2.75, 3.05) is 7.05 Å². The van der Waals surface area contributed by atoms with Gasteiger partial charge in [-0.1, -0.05) is 29.3 Å². The van der Waals surface area contributed by atoms with E-state index >= 15 is 0 Å². The molecule has 4 heteroatoms. The number of hydrogen-bond acceptors (Lipinski definition) is 2. The predicted molar refractivity (Wildman–Crippen MR) is 82.6 cm³/mol. The standard InChI is InChI=1S/C16H19Cl2NO/c1-9(20)16-12(8-11-4-6-15(16)19(11)2)10-3-5-13(17)14(18)7-10/h3,5,7,11-12,15-16H,4,6,8H2,1-2H3. The zero-order valence-corrected chi connectivity index (χ0v) is 13.3. The lowest BCUT2D eigenvalue weighted by Gasteiger charge is -2.42. The van der Waals surface area contributed by atoms with Gasteiger partial charge in [0.2, 0.25) is 0 Å². The molecule has 1 aromatic carbocycles. The van der Waals surface area contributed by atoms with Gasteiger partial charge < -0.3 is 0 Å². The summed E-state index contributed by atoms with van der Waals surface area (Å²) in [7, 11) is 2.16. The van der Waals surface area contributed by atoms with Crippen LogP contribution in [0.15, 0.2) is 18.2 Å². The lowest BCUT2D eigenvalue weighted by Crippen LogP contribution is -2.48. The van der Waals surface area contributed by atoms with Crippen molar-refractivity contribution < 1.29 is 4.79 Å². The van der Waals surface area contributed by atoms with E-state index in [9.17, 15) is 4.79 Å². The molecular formula is C16H19Cl2NO. The zero-order valence-electron chi connectivity index (χ0n) is 11.8. The third kappa shape index (κ3) is 2.28. The van der Waals surface area contributed by atoms with E-state index in [1.165, 1.54) is 6.42 Å². The molecule has 20 heavy (non-hydrogen) atoms. The number of hydrogen-bond donors (Lipinski definition) is 0. The topological polar surface area (TPSA) is 20.3 Å². The molecule has 2 heterocycles. The second-order valence-electron chi connectivity index (χ2n) is 6.12. The van der Waals surface area contributed by atoms with E-state index in [-0.39, 0.29) is 11.8 Å². The number of rotatable bonds is 2. The summed E-state index contributed by atoms with van der Waals surface area (Å²) in [5.41, 5.74) is 1.16. The number of halogens is 2. The number of nitrogens with zero attached hydrogens (tertiary/aromatic N) is 1. The lowest BCUT2D eigenvalue weighted by molar-refractivity contribution is -0.124. The number of carbonyl (C=O) groups excluding carboxylic acids is 1. The lowest BCUT2D eigenvalue weighted by atomic mass is 9.74. The van der Waals surface area contributed by atoms with Crippen molar-refractivity contribution in [3.63, 3.8) is 0 Å². The number of ketones is 1. The highest BCUT2D eigenvalue weighted by molar-refractivity contribution is 6.42. The molecule has 2 saturated heterocycles. The molecule has 3 rings (SSSR count). The van der Waals surface area contributed by atoms with Gasteiger partial charge in [0.1, 0.15) is 5.78 Å². The molecule has 0 spiro atoms. The quantitative estimate of drug-likeness (QED) is 0.817. The Balaban J connectivity index is 1.98. The van der Waals surface area contributed by atoms with Gasteiger partial charge in [0.05, 0.1) is 10.0 Å². The van der Waals surface area contributed by atoms with Crippen LogP contribution in [0, 0.1) is 5.92 Å². The second kappa shape index (κ2) is 5.32. The van der Waals surface area contributed by atoms with Crippen LogP contribution in [0.25, 0.3) is 0 Å². The van der Waals surface area contributed by atoms with Crippen molar-refractivity contribution in [2.24, 2.45) is 5.92 Å². The van der Waals surface area contributed by atoms with Crippen LogP contribution in [-0.2, 0) is 4.79 Å². The van der Waals surface area contributed by atoms with E-state index in [2.05, 4.69) is 11.9 Å². The van der Waals surface area contributed by atoms with Crippen LogP contribution in [0.2, 0.25) is 10.0 Å². The van der Waals surface area contributed by atoms with Crippen molar-refractivity contribution >= 4 is 29.0 Å². The van der Waals surface area contributed by atoms with Gasteiger partial charge >= 0.3 is 0 Å². The Morgan fingerprint density at radius 1 is 1.25 bits per heavy atom. The minimum Gasteiger partial charge on any atom is -0.300 e. The van der Waals surface area contributed by atoms with E-state index in [0.29, 0.717) is 27.9 Å². The summed E-state index contributed by atoms with van der Waals surface area (Å²) in [5.74, 6) is 0.644. The summed E-state index contributed by atoms with van der Waals surface area (Å²) >= 11 is 12.2. The number of piperidine rings is 1. The highest BCUT2D eigenvalue weighted by atomic mass is 35.5. The molecule has 4 atom stereocenters. The Morgan fingerprint density at radius 2 is 2.00 bits per heavy atom. The van der Waals surface area contributed by atoms with Gasteiger partial charge in [0, 0.05) is 18.0 Å². The van der Waals surface area contributed by atoms with Crippen LogP contribution in [0.3, 0.4) is 0 Å². The first kappa shape index (κ1) is 14.4. The molecule has 0 aromatic heterocycles. The van der Waals surface area contributed by atoms with E-state index < -0.39 is 0 Å². The van der Waals surface area contributed by atoms with Gasteiger partial charge in [0.25, 0.3) is 0 Å². The van der Waals surface area contributed by atoms with Crippen molar-refractivity contribution in [1.82, 2.24) is 4.90 Å². The average molecular weight is 312 g/mol. The van der Waals surface area contributed by atoms with Crippen LogP contribution in [-0.4, -0.2) is 29.8 Å². The molecule has 0 N–H and O–H groups in total. The molecule has 108 valence electrons. The van der Waals surface area contributed by atoms with Gasteiger partial charge in [-0.25, -0.2) is 0 Å². The minimum absolute atomic E-state index is 0.0796. The smallest absolute Gasteiger partial charge is 0.135 e. The Labute approximate surface area is 130 Å². The fraction of sp³-hybridized carbons (Fsp3) is 0.562. The molecule has 0 radical (unpaired) electrons. The molecule has 0 aliphatic carbocycles. The van der Waals surface area contributed by atoms with E-state index in [4.69, 9.17) is 23.2 Å². The third-order valence-corrected chi connectivity index (χ3v) is 5.85. The van der Waals surface area contributed by atoms with Gasteiger partial charge in [-0.05, 0) is 56.8 Å². The molecule has 0 amide bonds. The fourth-order valence-electron chi connectivity index (χ4n) is 4.11. The van der Waals surface area contributed by atoms with Crippen LogP contribution in [0.4, 0.5) is 0 Å². The first-order valence-electron chi connectivity index (χ1n) is 7.16. The van der Waals surface area contributed by atoms with Crippen molar-refractivity contribution in [2.45, 2.75) is 44.2 Å². The maximum absolute atomic E-state index is 12.2. The fourth-order valence-corrected chi connectivity index (χ4v) is 4.41. The number of carbonyl (C=O) groups is 1. The van der Waals surface area contributed by atoms with Crippen molar-refractivity contribution in [1.29, 1.82) is 0 Å². The maximum Gasteiger partial charge on any atom is 0.135 e. The summed E-state index contributed by atoms with van der Waals surface area (Å²) in [5, 5.41) is 1.16. The van der Waals surface area contributed by atoms with Crippen LogP contribution < -0.4 is 0 Å². The predicted octanol–water partition coefficient (Wildman–Crippen LogP) is 4.15. The summed E-state index contributed by atoms with van der Waals surface area (Å²) in [4.78, 5) is 14.6. The van der Waals surface area contributed by atoms with E-state index in [1.807, 2.05) is 18.2 Å². The monoisotopic (exact) mass is 311 g/mol. The highest BCUT2D eigenvalue weighted by Crippen LogP contribution is 2.47. The van der Waals surface area contributed by atoms with Crippen molar-refractivity contribution in [3.8, 4) is 0 Å². The van der Waals surface area contributed by atoms with Crippen molar-refractivity contribution in [3.05, 3.63) is 33.8 Å². The molecule has 4 unspecified atom stereocenters. The molecular weight excluding hydrogens is 293 g/mol. The molecule has 2 aliphatic rings. The summed E-state index contributed by atoms with van der Waals surface area (Å²) in [6.45, 7) is 1.72. The van der Waals surface area contributed by atoms with Crippen LogP contribution >= 0.6 is 23.2 Å². The van der Waals surface area contributed by atoms with Crippen LogP contribution in [0.5, 0.6) is 0 Å². The average Bonchev–Trinajstić information content (AvgIpc) is 2.63. The molecule has 2 bridgehead atoms. The summed E-state index contributed by atoms with van der Waals surface area (Å²) in [6, 6.07) is 6.78. The Bertz CT molecular complexity index is 545. The molecule has 2 fully saturated rings. The SMILES string of the molecule is CC(=O)C1C(c2ccc(Cl)c(Cl)c2)CC2CCC1N2C. The van der Waals surface area contributed by atoms with Gasteiger partial charge in [-0.2, -0.15) is 0 Å². The first-order chi connectivity index (χ1) is 9.49. The number of Topliss-reactive ketones (excluding diaryl/α,β-unsaturated/α-hetero) is 1. The largest absolute Gasteiger partial charge is 0.300 e. The highest BCUT2D eigenvalue weighted by Gasteiger charge is 2.47. The van der Waals surface area contributed by atoms with E-state index in [1.54, 1.807) is 6.92 Å². The summed E-state index contributed by atoms with van der Waals surface area (Å²) < 4.78 is 0. The van der Waals surface area contributed by atoms with E-state index in [0.717, 1.165) is 18.4 Å². The molecule has 2 aliphatic heterocycles. The van der Waals surface area contributed by atoms with Gasteiger partial charge in [-0.15, -0.1) is 0 Å².